The van der Waals surface area contributed by atoms with Crippen molar-refractivity contribution in [3.8, 4) is 11.5 Å². The van der Waals surface area contributed by atoms with Crippen molar-refractivity contribution in [3.05, 3.63) is 57.8 Å². The van der Waals surface area contributed by atoms with Crippen molar-refractivity contribution in [2.24, 2.45) is 0 Å². The smallest absolute Gasteiger partial charge is 0.270 e. The third-order valence-corrected chi connectivity index (χ3v) is 5.10. The fourth-order valence-electron chi connectivity index (χ4n) is 2.86. The van der Waals surface area contributed by atoms with Crippen LogP contribution in [0.4, 0.5) is 10.1 Å². The zero-order valence-electron chi connectivity index (χ0n) is 16.2. The Labute approximate surface area is 186 Å². The minimum atomic E-state index is -0.659. The Morgan fingerprint density at radius 2 is 1.80 bits per heavy atom. The number of carbonyl (C=O) groups is 2. The summed E-state index contributed by atoms with van der Waals surface area (Å²) in [5.41, 5.74) is 0.601. The molecule has 156 valence electrons. The van der Waals surface area contributed by atoms with Crippen LogP contribution < -0.4 is 19.7 Å². The predicted molar refractivity (Wildman–Crippen MR) is 119 cm³/mol. The largest absolute Gasteiger partial charge is 0.490 e. The number of nitrogens with zero attached hydrogens (tertiary/aromatic N) is 1. The molecule has 6 nitrogen and oxygen atoms in total. The van der Waals surface area contributed by atoms with Crippen LogP contribution in [-0.4, -0.2) is 30.1 Å². The van der Waals surface area contributed by atoms with Crippen LogP contribution in [0.1, 0.15) is 19.4 Å². The first kappa shape index (κ1) is 21.9. The predicted octanol–water partition coefficient (Wildman–Crippen LogP) is 4.22. The van der Waals surface area contributed by atoms with Gasteiger partial charge in [-0.25, -0.2) is 4.39 Å². The summed E-state index contributed by atoms with van der Waals surface area (Å²) in [6.45, 7) is 4.56. The van der Waals surface area contributed by atoms with Crippen molar-refractivity contribution in [1.29, 1.82) is 0 Å². The molecule has 2 amide bonds. The van der Waals surface area contributed by atoms with Crippen molar-refractivity contribution in [2.45, 2.75) is 13.8 Å². The second kappa shape index (κ2) is 9.36. The summed E-state index contributed by atoms with van der Waals surface area (Å²) < 4.78 is 25.4. The van der Waals surface area contributed by atoms with Gasteiger partial charge in [-0.15, -0.1) is 0 Å². The molecule has 1 saturated heterocycles. The van der Waals surface area contributed by atoms with Crippen LogP contribution in [-0.2, 0) is 9.59 Å². The van der Waals surface area contributed by atoms with E-state index < -0.39 is 17.6 Å². The molecule has 2 aromatic rings. The van der Waals surface area contributed by atoms with Crippen LogP contribution >= 0.6 is 28.1 Å². The van der Waals surface area contributed by atoms with E-state index >= 15 is 0 Å². The summed E-state index contributed by atoms with van der Waals surface area (Å²) in [5, 5.41) is 2.36. The average Bonchev–Trinajstić information content (AvgIpc) is 2.68. The summed E-state index contributed by atoms with van der Waals surface area (Å²) in [4.78, 5) is 26.6. The summed E-state index contributed by atoms with van der Waals surface area (Å²) in [6.07, 6.45) is 1.42. The van der Waals surface area contributed by atoms with Crippen LogP contribution in [0.15, 0.2) is 46.4 Å². The number of hydrogen-bond acceptors (Lipinski definition) is 5. The van der Waals surface area contributed by atoms with Gasteiger partial charge in [-0.05, 0) is 68.0 Å². The van der Waals surface area contributed by atoms with Crippen LogP contribution in [0.5, 0.6) is 11.5 Å². The fraction of sp³-hybridized carbons (Fsp3) is 0.190. The highest BCUT2D eigenvalue weighted by Crippen LogP contribution is 2.35. The van der Waals surface area contributed by atoms with Crippen molar-refractivity contribution in [2.75, 3.05) is 18.1 Å². The molecule has 1 aliphatic rings. The van der Waals surface area contributed by atoms with Crippen molar-refractivity contribution < 1.29 is 23.5 Å². The molecule has 2 aromatic carbocycles. The van der Waals surface area contributed by atoms with Crippen LogP contribution in [0.2, 0.25) is 0 Å². The van der Waals surface area contributed by atoms with E-state index in [-0.39, 0.29) is 16.4 Å². The fourth-order valence-corrected chi connectivity index (χ4v) is 3.58. The molecule has 0 aromatic heterocycles. The quantitative estimate of drug-likeness (QED) is 0.371. The Kier molecular flexibility index (Phi) is 6.84. The summed E-state index contributed by atoms with van der Waals surface area (Å²) in [7, 11) is 0. The number of ether oxygens (including phenoxy) is 2. The number of rotatable bonds is 6. The number of nitrogens with one attached hydrogen (secondary N) is 1. The van der Waals surface area contributed by atoms with Crippen molar-refractivity contribution >= 4 is 56.8 Å². The van der Waals surface area contributed by atoms with Gasteiger partial charge in [0, 0.05) is 4.47 Å². The maximum atomic E-state index is 13.7. The molecule has 0 spiro atoms. The second-order valence-electron chi connectivity index (χ2n) is 6.12. The molecule has 1 fully saturated rings. The number of carbonyl (C=O) groups excluding carboxylic acids is 2. The first-order valence-corrected chi connectivity index (χ1v) is 10.3. The molecular formula is C21H18BrFN2O4S. The molecule has 0 saturated carbocycles. The van der Waals surface area contributed by atoms with Gasteiger partial charge >= 0.3 is 0 Å². The molecule has 3 rings (SSSR count). The van der Waals surface area contributed by atoms with Crippen molar-refractivity contribution in [3.63, 3.8) is 0 Å². The monoisotopic (exact) mass is 492 g/mol. The average molecular weight is 493 g/mol. The van der Waals surface area contributed by atoms with E-state index in [1.807, 2.05) is 13.8 Å². The molecule has 30 heavy (non-hydrogen) atoms. The highest BCUT2D eigenvalue weighted by molar-refractivity contribution is 9.10. The Morgan fingerprint density at radius 1 is 1.13 bits per heavy atom. The minimum absolute atomic E-state index is 0.117. The Hall–Kier alpha value is -2.78. The number of anilines is 1. The van der Waals surface area contributed by atoms with Gasteiger partial charge in [0.25, 0.3) is 11.8 Å². The number of benzene rings is 2. The molecule has 0 atom stereocenters. The van der Waals surface area contributed by atoms with Crippen molar-refractivity contribution in [1.82, 2.24) is 5.32 Å². The lowest BCUT2D eigenvalue weighted by Gasteiger charge is -2.29. The zero-order valence-corrected chi connectivity index (χ0v) is 18.6. The van der Waals surface area contributed by atoms with E-state index in [9.17, 15) is 14.0 Å². The molecule has 0 radical (unpaired) electrons. The van der Waals surface area contributed by atoms with E-state index in [0.29, 0.717) is 34.7 Å². The zero-order chi connectivity index (χ0) is 21.8. The number of halogens is 2. The van der Waals surface area contributed by atoms with Gasteiger partial charge in [-0.2, -0.15) is 0 Å². The lowest BCUT2D eigenvalue weighted by atomic mass is 10.1. The lowest BCUT2D eigenvalue weighted by molar-refractivity contribution is -0.122. The van der Waals surface area contributed by atoms with Crippen LogP contribution in [0.25, 0.3) is 6.08 Å². The molecule has 0 bridgehead atoms. The third kappa shape index (κ3) is 4.52. The van der Waals surface area contributed by atoms with Gasteiger partial charge in [-0.1, -0.05) is 22.0 Å². The first-order chi connectivity index (χ1) is 14.3. The summed E-state index contributed by atoms with van der Waals surface area (Å²) in [5.74, 6) is -0.809. The molecule has 1 heterocycles. The van der Waals surface area contributed by atoms with Gasteiger partial charge < -0.3 is 9.47 Å². The standard InChI is InChI=1S/C21H18BrFN2O4S/c1-3-28-17-9-12(16(22)11-18(17)29-4-2)8-15-19(26)24-21(30)25(20(15)27)14-7-5-6-13(23)10-14/h5-11H,3-4H2,1-2H3,(H,24,26,30)/b15-8+. The summed E-state index contributed by atoms with van der Waals surface area (Å²) in [6, 6.07) is 8.79. The van der Waals surface area contributed by atoms with E-state index in [0.717, 1.165) is 4.90 Å². The van der Waals surface area contributed by atoms with Gasteiger partial charge in [0.1, 0.15) is 11.4 Å². The van der Waals surface area contributed by atoms with Crippen LogP contribution in [0.3, 0.4) is 0 Å². The van der Waals surface area contributed by atoms with E-state index in [2.05, 4.69) is 21.2 Å². The molecule has 0 unspecified atom stereocenters. The van der Waals surface area contributed by atoms with Gasteiger partial charge in [0.05, 0.1) is 18.9 Å². The summed E-state index contributed by atoms with van der Waals surface area (Å²) >= 11 is 8.57. The normalized spacial score (nSPS) is 15.4. The SMILES string of the molecule is CCOc1cc(Br)c(/C=C2\C(=O)NC(=S)N(c3cccc(F)c3)C2=O)cc1OCC. The molecule has 1 aliphatic heterocycles. The third-order valence-electron chi connectivity index (χ3n) is 4.13. The lowest BCUT2D eigenvalue weighted by Crippen LogP contribution is -2.54. The number of hydrogen-bond donors (Lipinski definition) is 1. The Morgan fingerprint density at radius 3 is 2.43 bits per heavy atom. The highest BCUT2D eigenvalue weighted by Gasteiger charge is 2.34. The maximum Gasteiger partial charge on any atom is 0.270 e. The van der Waals surface area contributed by atoms with Gasteiger partial charge in [0.2, 0.25) is 0 Å². The Bertz CT molecular complexity index is 1060. The van der Waals surface area contributed by atoms with E-state index in [1.165, 1.54) is 30.3 Å². The number of amides is 2. The minimum Gasteiger partial charge on any atom is -0.490 e. The second-order valence-corrected chi connectivity index (χ2v) is 7.37. The molecule has 0 aliphatic carbocycles. The maximum absolute atomic E-state index is 13.7. The molecule has 1 N–H and O–H groups in total. The number of thiocarbonyl (C=S) groups is 1. The molecular weight excluding hydrogens is 475 g/mol. The highest BCUT2D eigenvalue weighted by atomic mass is 79.9. The Balaban J connectivity index is 2.05. The topological polar surface area (TPSA) is 67.9 Å². The van der Waals surface area contributed by atoms with Gasteiger partial charge in [-0.3, -0.25) is 19.8 Å². The van der Waals surface area contributed by atoms with E-state index in [1.54, 1.807) is 12.1 Å². The van der Waals surface area contributed by atoms with Crippen LogP contribution in [0, 0.1) is 5.82 Å². The van der Waals surface area contributed by atoms with Gasteiger partial charge in [0.15, 0.2) is 16.6 Å². The molecule has 9 heteroatoms. The first-order valence-electron chi connectivity index (χ1n) is 9.11. The van der Waals surface area contributed by atoms with E-state index in [4.69, 9.17) is 21.7 Å².